The molecule has 31 heavy (non-hydrogen) atoms. The second-order valence-corrected chi connectivity index (χ2v) is 7.23. The van der Waals surface area contributed by atoms with E-state index in [1.165, 1.54) is 0 Å². The predicted molar refractivity (Wildman–Crippen MR) is 118 cm³/mol. The third-order valence-corrected chi connectivity index (χ3v) is 5.05. The highest BCUT2D eigenvalue weighted by Crippen LogP contribution is 2.15. The summed E-state index contributed by atoms with van der Waals surface area (Å²) in [6.07, 6.45) is 0. The van der Waals surface area contributed by atoms with E-state index in [1.807, 2.05) is 42.5 Å². The summed E-state index contributed by atoms with van der Waals surface area (Å²) in [7, 11) is 0. The van der Waals surface area contributed by atoms with E-state index in [0.29, 0.717) is 49.7 Å². The van der Waals surface area contributed by atoms with Crippen molar-refractivity contribution in [1.82, 2.24) is 4.90 Å². The molecule has 6 nitrogen and oxygen atoms in total. The summed E-state index contributed by atoms with van der Waals surface area (Å²) in [6, 6.07) is 23.9. The Kier molecular flexibility index (Phi) is 6.59. The van der Waals surface area contributed by atoms with Crippen molar-refractivity contribution in [1.29, 1.82) is 0 Å². The van der Waals surface area contributed by atoms with E-state index < -0.39 is 0 Å². The number of anilines is 1. The van der Waals surface area contributed by atoms with Gasteiger partial charge in [0, 0.05) is 29.9 Å². The van der Waals surface area contributed by atoms with Gasteiger partial charge in [0.25, 0.3) is 11.8 Å². The fourth-order valence-electron chi connectivity index (χ4n) is 3.28. The molecule has 1 fully saturated rings. The van der Waals surface area contributed by atoms with Gasteiger partial charge in [-0.1, -0.05) is 30.3 Å². The van der Waals surface area contributed by atoms with Gasteiger partial charge in [-0.2, -0.15) is 0 Å². The molecule has 1 aliphatic heterocycles. The molecule has 0 unspecified atom stereocenters. The minimum Gasteiger partial charge on any atom is -0.489 e. The highest BCUT2D eigenvalue weighted by molar-refractivity contribution is 6.04. The number of benzene rings is 3. The number of carbonyl (C=O) groups is 2. The summed E-state index contributed by atoms with van der Waals surface area (Å²) < 4.78 is 11.0. The van der Waals surface area contributed by atoms with Crippen LogP contribution in [0, 0.1) is 0 Å². The Morgan fingerprint density at radius 3 is 2.16 bits per heavy atom. The summed E-state index contributed by atoms with van der Waals surface area (Å²) in [5.74, 6) is 0.581. The molecule has 3 aromatic rings. The maximum atomic E-state index is 12.5. The van der Waals surface area contributed by atoms with Gasteiger partial charge in [0.2, 0.25) is 0 Å². The molecule has 1 aliphatic rings. The van der Waals surface area contributed by atoms with Crippen LogP contribution in [-0.2, 0) is 11.3 Å². The zero-order valence-electron chi connectivity index (χ0n) is 17.1. The van der Waals surface area contributed by atoms with Gasteiger partial charge in [-0.05, 0) is 54.1 Å². The third kappa shape index (κ3) is 5.49. The lowest BCUT2D eigenvalue weighted by atomic mass is 10.1. The first-order valence-corrected chi connectivity index (χ1v) is 10.2. The van der Waals surface area contributed by atoms with Crippen LogP contribution >= 0.6 is 0 Å². The minimum absolute atomic E-state index is 0.0190. The fraction of sp³-hybridized carbons (Fsp3) is 0.200. The predicted octanol–water partition coefficient (Wildman–Crippen LogP) is 3.99. The Morgan fingerprint density at radius 1 is 0.839 bits per heavy atom. The molecule has 1 N–H and O–H groups in total. The normalized spacial score (nSPS) is 13.5. The van der Waals surface area contributed by atoms with Crippen LogP contribution in [0.4, 0.5) is 5.69 Å². The Morgan fingerprint density at radius 2 is 1.48 bits per heavy atom. The minimum atomic E-state index is -0.206. The van der Waals surface area contributed by atoms with Crippen molar-refractivity contribution in [3.05, 3.63) is 95.6 Å². The van der Waals surface area contributed by atoms with Gasteiger partial charge >= 0.3 is 0 Å². The van der Waals surface area contributed by atoms with Crippen LogP contribution in [0.25, 0.3) is 0 Å². The lowest BCUT2D eigenvalue weighted by molar-refractivity contribution is 0.0303. The first kappa shape index (κ1) is 20.6. The van der Waals surface area contributed by atoms with Crippen molar-refractivity contribution in [3.63, 3.8) is 0 Å². The maximum Gasteiger partial charge on any atom is 0.255 e. The SMILES string of the molecule is O=C(Nc1ccc(C(=O)N2CCOCC2)cc1)c1ccc(COc2ccccc2)cc1. The quantitative estimate of drug-likeness (QED) is 0.660. The molecular formula is C25H24N2O4. The van der Waals surface area contributed by atoms with Crippen molar-refractivity contribution < 1.29 is 19.1 Å². The lowest BCUT2D eigenvalue weighted by Crippen LogP contribution is -2.40. The first-order chi connectivity index (χ1) is 15.2. The molecule has 1 saturated heterocycles. The molecule has 6 heteroatoms. The molecule has 0 bridgehead atoms. The van der Waals surface area contributed by atoms with Crippen molar-refractivity contribution in [2.75, 3.05) is 31.6 Å². The summed E-state index contributed by atoms with van der Waals surface area (Å²) in [5, 5.41) is 2.87. The van der Waals surface area contributed by atoms with Crippen molar-refractivity contribution in [2.45, 2.75) is 6.61 Å². The molecule has 1 heterocycles. The topological polar surface area (TPSA) is 67.9 Å². The van der Waals surface area contributed by atoms with Gasteiger partial charge in [-0.15, -0.1) is 0 Å². The average Bonchev–Trinajstić information content (AvgIpc) is 2.84. The molecule has 0 aromatic heterocycles. The van der Waals surface area contributed by atoms with Crippen molar-refractivity contribution in [3.8, 4) is 5.75 Å². The average molecular weight is 416 g/mol. The van der Waals surface area contributed by atoms with E-state index in [9.17, 15) is 9.59 Å². The molecule has 158 valence electrons. The van der Waals surface area contributed by atoms with E-state index >= 15 is 0 Å². The lowest BCUT2D eigenvalue weighted by Gasteiger charge is -2.26. The maximum absolute atomic E-state index is 12.5. The van der Waals surface area contributed by atoms with E-state index in [0.717, 1.165) is 11.3 Å². The van der Waals surface area contributed by atoms with Gasteiger partial charge in [0.1, 0.15) is 12.4 Å². The van der Waals surface area contributed by atoms with Crippen molar-refractivity contribution >= 4 is 17.5 Å². The molecule has 0 radical (unpaired) electrons. The van der Waals surface area contributed by atoms with Crippen LogP contribution in [0.3, 0.4) is 0 Å². The molecule has 0 atom stereocenters. The molecule has 2 amide bonds. The van der Waals surface area contributed by atoms with E-state index in [2.05, 4.69) is 5.32 Å². The second kappa shape index (κ2) is 9.91. The molecule has 0 saturated carbocycles. The highest BCUT2D eigenvalue weighted by Gasteiger charge is 2.18. The largest absolute Gasteiger partial charge is 0.489 e. The molecule has 0 aliphatic carbocycles. The van der Waals surface area contributed by atoms with Crippen LogP contribution in [0.2, 0.25) is 0 Å². The number of hydrogen-bond acceptors (Lipinski definition) is 4. The summed E-state index contributed by atoms with van der Waals surface area (Å²) in [5.41, 5.74) is 2.77. The zero-order valence-corrected chi connectivity index (χ0v) is 17.1. The van der Waals surface area contributed by atoms with Gasteiger partial charge in [0.15, 0.2) is 0 Å². The van der Waals surface area contributed by atoms with E-state index in [-0.39, 0.29) is 11.8 Å². The number of amides is 2. The third-order valence-electron chi connectivity index (χ3n) is 5.05. The number of para-hydroxylation sites is 1. The Labute approximate surface area is 181 Å². The number of hydrogen-bond donors (Lipinski definition) is 1. The van der Waals surface area contributed by atoms with Crippen LogP contribution in [0.15, 0.2) is 78.9 Å². The monoisotopic (exact) mass is 416 g/mol. The molecule has 4 rings (SSSR count). The molecule has 0 spiro atoms. The van der Waals surface area contributed by atoms with Gasteiger partial charge in [0.05, 0.1) is 13.2 Å². The fourth-order valence-corrected chi connectivity index (χ4v) is 3.28. The Bertz CT molecular complexity index is 1010. The van der Waals surface area contributed by atoms with Crippen LogP contribution < -0.4 is 10.1 Å². The first-order valence-electron chi connectivity index (χ1n) is 10.2. The van der Waals surface area contributed by atoms with Gasteiger partial charge in [-0.3, -0.25) is 9.59 Å². The number of nitrogens with zero attached hydrogens (tertiary/aromatic N) is 1. The summed E-state index contributed by atoms with van der Waals surface area (Å²) >= 11 is 0. The van der Waals surface area contributed by atoms with Gasteiger partial charge in [-0.25, -0.2) is 0 Å². The standard InChI is InChI=1S/C25H24N2O4/c28-24(20-8-6-19(7-9-20)18-31-23-4-2-1-3-5-23)26-22-12-10-21(11-13-22)25(29)27-14-16-30-17-15-27/h1-13H,14-18H2,(H,26,28). The van der Waals surface area contributed by atoms with Crippen LogP contribution in [0.5, 0.6) is 5.75 Å². The molecular weight excluding hydrogens is 392 g/mol. The van der Waals surface area contributed by atoms with Gasteiger partial charge < -0.3 is 19.7 Å². The molecule has 3 aromatic carbocycles. The Balaban J connectivity index is 1.32. The van der Waals surface area contributed by atoms with E-state index in [1.54, 1.807) is 41.3 Å². The zero-order chi connectivity index (χ0) is 21.5. The number of ether oxygens (including phenoxy) is 2. The van der Waals surface area contributed by atoms with Crippen LogP contribution in [-0.4, -0.2) is 43.0 Å². The number of rotatable bonds is 6. The Hall–Kier alpha value is -3.64. The number of morpholine rings is 1. The second-order valence-electron chi connectivity index (χ2n) is 7.23. The summed E-state index contributed by atoms with van der Waals surface area (Å²) in [6.45, 7) is 2.77. The van der Waals surface area contributed by atoms with E-state index in [4.69, 9.17) is 9.47 Å². The number of carbonyl (C=O) groups excluding carboxylic acids is 2. The summed E-state index contributed by atoms with van der Waals surface area (Å²) in [4.78, 5) is 26.8. The highest BCUT2D eigenvalue weighted by atomic mass is 16.5. The number of nitrogens with one attached hydrogen (secondary N) is 1. The smallest absolute Gasteiger partial charge is 0.255 e. The van der Waals surface area contributed by atoms with Crippen LogP contribution in [0.1, 0.15) is 26.3 Å². The van der Waals surface area contributed by atoms with Crippen molar-refractivity contribution in [2.24, 2.45) is 0 Å².